The largest absolute Gasteiger partial charge is 0.481 e. The van der Waals surface area contributed by atoms with Crippen LogP contribution in [0.5, 0.6) is 0 Å². The van der Waals surface area contributed by atoms with Crippen LogP contribution in [0.1, 0.15) is 34.8 Å². The summed E-state index contributed by atoms with van der Waals surface area (Å²) in [6.45, 7) is 0. The van der Waals surface area contributed by atoms with Crippen molar-refractivity contribution in [2.24, 2.45) is 5.73 Å². The molecule has 1 rings (SSSR count). The second-order valence-electron chi connectivity index (χ2n) is 3.89. The van der Waals surface area contributed by atoms with Gasteiger partial charge < -0.3 is 15.6 Å². The summed E-state index contributed by atoms with van der Waals surface area (Å²) in [5, 5.41) is 8.53. The second kappa shape index (κ2) is 6.24. The Bertz CT molecular complexity index is 505. The quantitative estimate of drug-likeness (QED) is 0.795. The van der Waals surface area contributed by atoms with Gasteiger partial charge in [0.15, 0.2) is 11.6 Å². The molecule has 0 fully saturated rings. The SMILES string of the molecule is COC(=O)c1cc(C(N)CCC(=O)O)cc(F)c1F. The van der Waals surface area contributed by atoms with Crippen molar-refractivity contribution in [1.29, 1.82) is 0 Å². The van der Waals surface area contributed by atoms with Gasteiger partial charge in [0.25, 0.3) is 0 Å². The highest BCUT2D eigenvalue weighted by Gasteiger charge is 2.20. The Morgan fingerprint density at radius 1 is 1.42 bits per heavy atom. The van der Waals surface area contributed by atoms with E-state index in [1.165, 1.54) is 0 Å². The number of nitrogens with two attached hydrogens (primary N) is 1. The van der Waals surface area contributed by atoms with E-state index in [4.69, 9.17) is 10.8 Å². The second-order valence-corrected chi connectivity index (χ2v) is 3.89. The van der Waals surface area contributed by atoms with Crippen LogP contribution < -0.4 is 5.73 Å². The molecule has 0 aromatic heterocycles. The number of carboxylic acids is 1. The van der Waals surface area contributed by atoms with Crippen LogP contribution in [0.3, 0.4) is 0 Å². The van der Waals surface area contributed by atoms with E-state index < -0.39 is 35.2 Å². The van der Waals surface area contributed by atoms with Crippen LogP contribution in [-0.2, 0) is 9.53 Å². The molecular weight excluding hydrogens is 260 g/mol. The predicted octanol–water partition coefficient (Wildman–Crippen LogP) is 1.62. The first kappa shape index (κ1) is 15.0. The Kier molecular flexibility index (Phi) is 4.94. The van der Waals surface area contributed by atoms with Crippen LogP contribution >= 0.6 is 0 Å². The molecular formula is C12H13F2NO4. The third-order valence-electron chi connectivity index (χ3n) is 2.55. The van der Waals surface area contributed by atoms with Crippen LogP contribution in [0.2, 0.25) is 0 Å². The van der Waals surface area contributed by atoms with Crippen molar-refractivity contribution in [3.8, 4) is 0 Å². The number of hydrogen-bond acceptors (Lipinski definition) is 4. The van der Waals surface area contributed by atoms with Crippen molar-refractivity contribution in [2.45, 2.75) is 18.9 Å². The number of carbonyl (C=O) groups is 2. The highest BCUT2D eigenvalue weighted by Crippen LogP contribution is 2.22. The lowest BCUT2D eigenvalue weighted by atomic mass is 10.00. The standard InChI is InChI=1S/C12H13F2NO4/c1-19-12(18)7-4-6(5-8(13)11(7)14)9(15)2-3-10(16)17/h4-5,9H,2-3,15H2,1H3,(H,16,17). The molecule has 0 radical (unpaired) electrons. The van der Waals surface area contributed by atoms with Gasteiger partial charge in [0.2, 0.25) is 0 Å². The summed E-state index contributed by atoms with van der Waals surface area (Å²) in [6.07, 6.45) is -0.172. The summed E-state index contributed by atoms with van der Waals surface area (Å²) >= 11 is 0. The Morgan fingerprint density at radius 2 is 2.05 bits per heavy atom. The zero-order valence-electron chi connectivity index (χ0n) is 10.2. The molecule has 1 unspecified atom stereocenters. The summed E-state index contributed by atoms with van der Waals surface area (Å²) in [5.74, 6) is -4.63. The van der Waals surface area contributed by atoms with Gasteiger partial charge in [0.1, 0.15) is 0 Å². The highest BCUT2D eigenvalue weighted by atomic mass is 19.2. The molecule has 0 saturated carbocycles. The van der Waals surface area contributed by atoms with Crippen LogP contribution in [0.25, 0.3) is 0 Å². The summed E-state index contributed by atoms with van der Waals surface area (Å²) in [4.78, 5) is 21.7. The molecule has 0 aliphatic carbocycles. The van der Waals surface area contributed by atoms with Crippen molar-refractivity contribution in [3.63, 3.8) is 0 Å². The molecule has 7 heteroatoms. The number of carbonyl (C=O) groups excluding carboxylic acids is 1. The number of rotatable bonds is 5. The first-order valence-corrected chi connectivity index (χ1v) is 5.41. The van der Waals surface area contributed by atoms with Gasteiger partial charge in [-0.25, -0.2) is 13.6 Å². The molecule has 1 aromatic rings. The lowest BCUT2D eigenvalue weighted by molar-refractivity contribution is -0.137. The van der Waals surface area contributed by atoms with E-state index in [0.717, 1.165) is 19.2 Å². The van der Waals surface area contributed by atoms with E-state index in [0.29, 0.717) is 0 Å². The Hall–Kier alpha value is -2.02. The van der Waals surface area contributed by atoms with Crippen LogP contribution in [0.15, 0.2) is 12.1 Å². The normalized spacial score (nSPS) is 12.0. The lowest BCUT2D eigenvalue weighted by Crippen LogP contribution is -2.15. The molecule has 0 spiro atoms. The van der Waals surface area contributed by atoms with Crippen molar-refractivity contribution in [3.05, 3.63) is 34.9 Å². The highest BCUT2D eigenvalue weighted by molar-refractivity contribution is 5.89. The summed E-state index contributed by atoms with van der Waals surface area (Å²) < 4.78 is 31.1. The topological polar surface area (TPSA) is 89.6 Å². The van der Waals surface area contributed by atoms with E-state index in [9.17, 15) is 18.4 Å². The number of ether oxygens (including phenoxy) is 1. The van der Waals surface area contributed by atoms with Gasteiger partial charge in [0.05, 0.1) is 12.7 Å². The fraction of sp³-hybridized carbons (Fsp3) is 0.333. The Balaban J connectivity index is 3.05. The van der Waals surface area contributed by atoms with E-state index in [-0.39, 0.29) is 18.4 Å². The molecule has 0 saturated heterocycles. The maximum atomic E-state index is 13.4. The predicted molar refractivity (Wildman–Crippen MR) is 61.5 cm³/mol. The minimum absolute atomic E-state index is 0.0427. The van der Waals surface area contributed by atoms with E-state index in [1.807, 2.05) is 0 Å². The monoisotopic (exact) mass is 273 g/mol. The molecule has 0 aliphatic rings. The van der Waals surface area contributed by atoms with Crippen molar-refractivity contribution < 1.29 is 28.2 Å². The van der Waals surface area contributed by atoms with E-state index in [2.05, 4.69) is 4.74 Å². The number of halogens is 2. The van der Waals surface area contributed by atoms with Gasteiger partial charge >= 0.3 is 11.9 Å². The number of esters is 1. The molecule has 1 atom stereocenters. The van der Waals surface area contributed by atoms with E-state index >= 15 is 0 Å². The maximum Gasteiger partial charge on any atom is 0.340 e. The van der Waals surface area contributed by atoms with Crippen molar-refractivity contribution in [1.82, 2.24) is 0 Å². The van der Waals surface area contributed by atoms with Gasteiger partial charge in [-0.15, -0.1) is 0 Å². The van der Waals surface area contributed by atoms with Crippen LogP contribution in [-0.4, -0.2) is 24.2 Å². The zero-order valence-corrected chi connectivity index (χ0v) is 10.2. The summed E-state index contributed by atoms with van der Waals surface area (Å²) in [5.41, 5.74) is 5.24. The molecule has 5 nitrogen and oxygen atoms in total. The van der Waals surface area contributed by atoms with Gasteiger partial charge in [-0.2, -0.15) is 0 Å². The average Bonchev–Trinajstić information content (AvgIpc) is 2.37. The third kappa shape index (κ3) is 3.72. The molecule has 0 bridgehead atoms. The molecule has 0 amide bonds. The van der Waals surface area contributed by atoms with Gasteiger partial charge in [0, 0.05) is 12.5 Å². The van der Waals surface area contributed by atoms with Gasteiger partial charge in [-0.1, -0.05) is 0 Å². The molecule has 19 heavy (non-hydrogen) atoms. The van der Waals surface area contributed by atoms with Crippen LogP contribution in [0, 0.1) is 11.6 Å². The zero-order chi connectivity index (χ0) is 14.6. The molecule has 0 heterocycles. The summed E-state index contributed by atoms with van der Waals surface area (Å²) in [6, 6.07) is 1.10. The fourth-order valence-electron chi connectivity index (χ4n) is 1.53. The van der Waals surface area contributed by atoms with Crippen molar-refractivity contribution >= 4 is 11.9 Å². The molecule has 104 valence electrons. The smallest absolute Gasteiger partial charge is 0.340 e. The lowest BCUT2D eigenvalue weighted by Gasteiger charge is -2.13. The fourth-order valence-corrected chi connectivity index (χ4v) is 1.53. The minimum Gasteiger partial charge on any atom is -0.481 e. The Morgan fingerprint density at radius 3 is 2.58 bits per heavy atom. The number of aliphatic carboxylic acids is 1. The average molecular weight is 273 g/mol. The number of carboxylic acid groups (broad SMARTS) is 1. The molecule has 1 aromatic carbocycles. The maximum absolute atomic E-state index is 13.4. The third-order valence-corrected chi connectivity index (χ3v) is 2.55. The first-order valence-electron chi connectivity index (χ1n) is 5.41. The van der Waals surface area contributed by atoms with Gasteiger partial charge in [-0.3, -0.25) is 4.79 Å². The molecule has 3 N–H and O–H groups in total. The molecule has 0 aliphatic heterocycles. The first-order chi connectivity index (χ1) is 8.86. The number of hydrogen-bond donors (Lipinski definition) is 2. The number of benzene rings is 1. The van der Waals surface area contributed by atoms with Gasteiger partial charge in [-0.05, 0) is 24.1 Å². The minimum atomic E-state index is -1.32. The van der Waals surface area contributed by atoms with Crippen LogP contribution in [0.4, 0.5) is 8.78 Å². The van der Waals surface area contributed by atoms with E-state index in [1.54, 1.807) is 0 Å². The van der Waals surface area contributed by atoms with Crippen molar-refractivity contribution in [2.75, 3.05) is 7.11 Å². The number of methoxy groups -OCH3 is 1. The Labute approximate surface area is 108 Å². The summed E-state index contributed by atoms with van der Waals surface area (Å²) in [7, 11) is 1.04.